The molecule has 0 bridgehead atoms. The summed E-state index contributed by atoms with van der Waals surface area (Å²) in [6.07, 6.45) is 1.84. The van der Waals surface area contributed by atoms with Crippen LogP contribution in [0.1, 0.15) is 5.69 Å². The zero-order valence-electron chi connectivity index (χ0n) is 10.4. The second kappa shape index (κ2) is 5.50. The summed E-state index contributed by atoms with van der Waals surface area (Å²) in [5, 5.41) is 20.2. The van der Waals surface area contributed by atoms with E-state index in [4.69, 9.17) is 5.11 Å². The van der Waals surface area contributed by atoms with Gasteiger partial charge in [0, 0.05) is 37.8 Å². The Balaban J connectivity index is 1.63. The average Bonchev–Trinajstić information content (AvgIpc) is 3.02. The number of aliphatic hydroxyl groups excluding tert-OH is 1. The smallest absolute Gasteiger partial charge is 0.185 e. The lowest BCUT2D eigenvalue weighted by molar-refractivity contribution is 0.275. The molecule has 2 aromatic heterocycles. The Morgan fingerprint density at radius 2 is 1.89 bits per heavy atom. The van der Waals surface area contributed by atoms with E-state index in [9.17, 15) is 0 Å². The minimum Gasteiger partial charge on any atom is -0.390 e. The summed E-state index contributed by atoms with van der Waals surface area (Å²) in [6.45, 7) is 3.64. The molecule has 7 heteroatoms. The highest BCUT2D eigenvalue weighted by Gasteiger charge is 2.19. The van der Waals surface area contributed by atoms with Gasteiger partial charge in [0.1, 0.15) is 0 Å². The van der Waals surface area contributed by atoms with Crippen LogP contribution in [0.5, 0.6) is 0 Å². The van der Waals surface area contributed by atoms with Gasteiger partial charge in [0.2, 0.25) is 0 Å². The molecule has 100 valence electrons. The minimum absolute atomic E-state index is 0.0644. The van der Waals surface area contributed by atoms with Crippen molar-refractivity contribution in [2.75, 3.05) is 36.0 Å². The molecule has 3 rings (SSSR count). The number of rotatable bonds is 3. The van der Waals surface area contributed by atoms with E-state index >= 15 is 0 Å². The van der Waals surface area contributed by atoms with Gasteiger partial charge in [-0.3, -0.25) is 0 Å². The van der Waals surface area contributed by atoms with Crippen LogP contribution in [0.15, 0.2) is 23.7 Å². The maximum Gasteiger partial charge on any atom is 0.185 e. The average molecular weight is 277 g/mol. The van der Waals surface area contributed by atoms with E-state index in [0.717, 1.165) is 37.1 Å². The van der Waals surface area contributed by atoms with Crippen molar-refractivity contribution >= 4 is 22.3 Å². The molecule has 0 radical (unpaired) electrons. The highest BCUT2D eigenvalue weighted by Crippen LogP contribution is 2.20. The van der Waals surface area contributed by atoms with Gasteiger partial charge in [0.05, 0.1) is 12.3 Å². The summed E-state index contributed by atoms with van der Waals surface area (Å²) in [7, 11) is 0. The normalized spacial score (nSPS) is 15.8. The topological polar surface area (TPSA) is 65.4 Å². The number of nitrogens with zero attached hydrogens (tertiary/aromatic N) is 5. The van der Waals surface area contributed by atoms with E-state index in [1.165, 1.54) is 0 Å². The van der Waals surface area contributed by atoms with Crippen molar-refractivity contribution in [2.24, 2.45) is 0 Å². The first-order valence-electron chi connectivity index (χ1n) is 6.19. The first-order chi connectivity index (χ1) is 9.36. The van der Waals surface area contributed by atoms with Crippen molar-refractivity contribution in [1.29, 1.82) is 0 Å². The van der Waals surface area contributed by atoms with Crippen LogP contribution >= 0.6 is 11.3 Å². The van der Waals surface area contributed by atoms with Gasteiger partial charge in [-0.1, -0.05) is 0 Å². The highest BCUT2D eigenvalue weighted by atomic mass is 32.1. The second-order valence-electron chi connectivity index (χ2n) is 4.33. The molecule has 1 aliphatic heterocycles. The predicted molar refractivity (Wildman–Crippen MR) is 74.5 cm³/mol. The Morgan fingerprint density at radius 1 is 1.11 bits per heavy atom. The Labute approximate surface area is 115 Å². The van der Waals surface area contributed by atoms with Crippen molar-refractivity contribution < 1.29 is 5.11 Å². The third-order valence-electron chi connectivity index (χ3n) is 3.16. The molecule has 0 amide bonds. The Bertz CT molecular complexity index is 507. The van der Waals surface area contributed by atoms with Crippen LogP contribution in [-0.4, -0.2) is 46.5 Å². The molecular weight excluding hydrogens is 262 g/mol. The van der Waals surface area contributed by atoms with Crippen LogP contribution in [0, 0.1) is 0 Å². The van der Waals surface area contributed by atoms with Gasteiger partial charge in [0.15, 0.2) is 10.9 Å². The third-order valence-corrected chi connectivity index (χ3v) is 3.99. The van der Waals surface area contributed by atoms with E-state index in [1.54, 1.807) is 11.3 Å². The van der Waals surface area contributed by atoms with Gasteiger partial charge < -0.3 is 14.9 Å². The van der Waals surface area contributed by atoms with Gasteiger partial charge >= 0.3 is 0 Å². The fraction of sp³-hybridized carbons (Fsp3) is 0.417. The molecule has 1 aliphatic rings. The van der Waals surface area contributed by atoms with Crippen molar-refractivity contribution in [3.05, 3.63) is 29.4 Å². The Morgan fingerprint density at radius 3 is 2.47 bits per heavy atom. The standard InChI is InChI=1S/C12H15N5OS/c18-9-10-1-2-11(15-14-10)16-4-6-17(7-5-16)12-13-3-8-19-12/h1-3,8,18H,4-7,9H2. The summed E-state index contributed by atoms with van der Waals surface area (Å²) >= 11 is 1.67. The van der Waals surface area contributed by atoms with Gasteiger partial charge in [-0.15, -0.1) is 16.4 Å². The van der Waals surface area contributed by atoms with E-state index in [0.29, 0.717) is 5.69 Å². The number of piperazine rings is 1. The lowest BCUT2D eigenvalue weighted by Gasteiger charge is -2.34. The van der Waals surface area contributed by atoms with Gasteiger partial charge in [-0.25, -0.2) is 4.98 Å². The first kappa shape index (κ1) is 12.3. The van der Waals surface area contributed by atoms with Crippen LogP contribution in [0.25, 0.3) is 0 Å². The number of thiazole rings is 1. The zero-order valence-corrected chi connectivity index (χ0v) is 11.3. The van der Waals surface area contributed by atoms with Crippen LogP contribution in [0.2, 0.25) is 0 Å². The van der Waals surface area contributed by atoms with Gasteiger partial charge in [0.25, 0.3) is 0 Å². The third kappa shape index (κ3) is 2.66. The second-order valence-corrected chi connectivity index (χ2v) is 5.20. The number of aliphatic hydroxyl groups is 1. The van der Waals surface area contributed by atoms with Gasteiger partial charge in [-0.05, 0) is 12.1 Å². The van der Waals surface area contributed by atoms with Crippen LogP contribution in [0.4, 0.5) is 10.9 Å². The van der Waals surface area contributed by atoms with Crippen molar-refractivity contribution in [3.8, 4) is 0 Å². The van der Waals surface area contributed by atoms with E-state index < -0.39 is 0 Å². The highest BCUT2D eigenvalue weighted by molar-refractivity contribution is 7.13. The first-order valence-corrected chi connectivity index (χ1v) is 7.07. The van der Waals surface area contributed by atoms with E-state index in [2.05, 4.69) is 25.0 Å². The molecule has 1 N–H and O–H groups in total. The van der Waals surface area contributed by atoms with Crippen molar-refractivity contribution in [1.82, 2.24) is 15.2 Å². The van der Waals surface area contributed by atoms with Crippen molar-refractivity contribution in [2.45, 2.75) is 6.61 Å². The molecule has 19 heavy (non-hydrogen) atoms. The molecule has 0 spiro atoms. The molecule has 0 saturated carbocycles. The number of anilines is 2. The molecule has 6 nitrogen and oxygen atoms in total. The molecule has 0 unspecified atom stereocenters. The lowest BCUT2D eigenvalue weighted by atomic mass is 10.3. The quantitative estimate of drug-likeness (QED) is 0.893. The Hall–Kier alpha value is -1.73. The molecule has 0 atom stereocenters. The van der Waals surface area contributed by atoms with Gasteiger partial charge in [-0.2, -0.15) is 5.10 Å². The number of aromatic nitrogens is 3. The largest absolute Gasteiger partial charge is 0.390 e. The van der Waals surface area contributed by atoms with Crippen LogP contribution in [-0.2, 0) is 6.61 Å². The SMILES string of the molecule is OCc1ccc(N2CCN(c3nccs3)CC2)nn1. The monoisotopic (exact) mass is 277 g/mol. The Kier molecular flexibility index (Phi) is 3.56. The van der Waals surface area contributed by atoms with E-state index in [1.807, 2.05) is 23.7 Å². The molecule has 2 aromatic rings. The summed E-state index contributed by atoms with van der Waals surface area (Å²) in [4.78, 5) is 8.83. The molecule has 0 aliphatic carbocycles. The van der Waals surface area contributed by atoms with E-state index in [-0.39, 0.29) is 6.61 Å². The minimum atomic E-state index is -0.0644. The van der Waals surface area contributed by atoms with Crippen LogP contribution < -0.4 is 9.80 Å². The number of hydrogen-bond donors (Lipinski definition) is 1. The number of hydrogen-bond acceptors (Lipinski definition) is 7. The zero-order chi connectivity index (χ0) is 13.1. The maximum absolute atomic E-state index is 8.95. The summed E-state index contributed by atoms with van der Waals surface area (Å²) in [6, 6.07) is 3.73. The summed E-state index contributed by atoms with van der Waals surface area (Å²) in [5.41, 5.74) is 0.602. The fourth-order valence-corrected chi connectivity index (χ4v) is 2.80. The summed E-state index contributed by atoms with van der Waals surface area (Å²) < 4.78 is 0. The van der Waals surface area contributed by atoms with Crippen LogP contribution in [0.3, 0.4) is 0 Å². The molecule has 1 fully saturated rings. The molecule has 0 aromatic carbocycles. The lowest BCUT2D eigenvalue weighted by Crippen LogP contribution is -2.46. The predicted octanol–water partition coefficient (Wildman–Crippen LogP) is 0.752. The summed E-state index contributed by atoms with van der Waals surface area (Å²) in [5.74, 6) is 0.871. The molecule has 3 heterocycles. The molecule has 1 saturated heterocycles. The maximum atomic E-state index is 8.95. The fourth-order valence-electron chi connectivity index (χ4n) is 2.10. The van der Waals surface area contributed by atoms with Crippen molar-refractivity contribution in [3.63, 3.8) is 0 Å². The molecular formula is C12H15N5OS.